The van der Waals surface area contributed by atoms with E-state index in [4.69, 9.17) is 5.11 Å². The van der Waals surface area contributed by atoms with Crippen LogP contribution in [0.5, 0.6) is 0 Å². The number of rotatable bonds is 3. The highest BCUT2D eigenvalue weighted by Crippen LogP contribution is 2.19. The Kier molecular flexibility index (Phi) is 3.64. The molecule has 0 unspecified atom stereocenters. The average Bonchev–Trinajstić information content (AvgIpc) is 2.55. The first-order valence-electron chi connectivity index (χ1n) is 6.98. The first-order valence-corrected chi connectivity index (χ1v) is 6.98. The molecule has 1 aliphatic rings. The van der Waals surface area contributed by atoms with Crippen molar-refractivity contribution in [1.82, 2.24) is 14.9 Å². The lowest BCUT2D eigenvalue weighted by Crippen LogP contribution is -2.43. The number of aromatic carboxylic acids is 1. The smallest absolute Gasteiger partial charge is 0.341 e. The van der Waals surface area contributed by atoms with Gasteiger partial charge in [-0.3, -0.25) is 4.79 Å². The summed E-state index contributed by atoms with van der Waals surface area (Å²) in [6, 6.07) is 1.80. The van der Waals surface area contributed by atoms with Crippen LogP contribution < -0.4 is 15.6 Å². The number of nitrogens with one attached hydrogen (secondary N) is 1. The second-order valence-corrected chi connectivity index (χ2v) is 5.06. The van der Waals surface area contributed by atoms with Crippen molar-refractivity contribution in [3.63, 3.8) is 0 Å². The van der Waals surface area contributed by atoms with E-state index in [2.05, 4.69) is 21.8 Å². The molecule has 2 aromatic heterocycles. The molecule has 0 radical (unpaired) electrons. The summed E-state index contributed by atoms with van der Waals surface area (Å²) in [5, 5.41) is 12.7. The van der Waals surface area contributed by atoms with Crippen LogP contribution in [0.1, 0.15) is 10.4 Å². The number of carboxylic acid groups (broad SMARTS) is 1. The first-order chi connectivity index (χ1) is 10.6. The topological polar surface area (TPSA) is 87.5 Å². The van der Waals surface area contributed by atoms with Gasteiger partial charge in [0, 0.05) is 50.8 Å². The van der Waals surface area contributed by atoms with Gasteiger partial charge < -0.3 is 19.9 Å². The molecule has 114 valence electrons. The highest BCUT2D eigenvalue weighted by molar-refractivity contribution is 5.93. The lowest BCUT2D eigenvalue weighted by atomic mass is 10.1. The van der Waals surface area contributed by atoms with E-state index in [1.165, 1.54) is 18.6 Å². The molecule has 3 heterocycles. The molecule has 1 saturated heterocycles. The largest absolute Gasteiger partial charge is 0.477 e. The van der Waals surface area contributed by atoms with Gasteiger partial charge in [-0.05, 0) is 0 Å². The standard InChI is InChI=1S/C15H16N4O3/c1-2-18-9-11(15(21)22)14(20)10-8-17-13(7-12(10)18)19-5-3-16-4-6-19/h2,7-9,16H,1,3-6H2,(H,21,22). The number of hydrogen-bond donors (Lipinski definition) is 2. The number of carbonyl (C=O) groups is 1. The lowest BCUT2D eigenvalue weighted by Gasteiger charge is -2.28. The Hall–Kier alpha value is -2.67. The second-order valence-electron chi connectivity index (χ2n) is 5.06. The molecule has 0 aliphatic carbocycles. The van der Waals surface area contributed by atoms with Crippen molar-refractivity contribution in [2.75, 3.05) is 31.1 Å². The van der Waals surface area contributed by atoms with Gasteiger partial charge in [0.25, 0.3) is 0 Å². The number of hydrogen-bond acceptors (Lipinski definition) is 5. The van der Waals surface area contributed by atoms with Crippen LogP contribution >= 0.6 is 0 Å². The minimum Gasteiger partial charge on any atom is -0.477 e. The highest BCUT2D eigenvalue weighted by atomic mass is 16.4. The molecule has 0 atom stereocenters. The molecule has 7 heteroatoms. The fraction of sp³-hybridized carbons (Fsp3) is 0.267. The molecule has 22 heavy (non-hydrogen) atoms. The lowest BCUT2D eigenvalue weighted by molar-refractivity contribution is 0.0695. The van der Waals surface area contributed by atoms with Crippen LogP contribution in [0.4, 0.5) is 5.82 Å². The summed E-state index contributed by atoms with van der Waals surface area (Å²) in [6.45, 7) is 7.11. The fourth-order valence-electron chi connectivity index (χ4n) is 2.61. The summed E-state index contributed by atoms with van der Waals surface area (Å²) in [7, 11) is 0. The summed E-state index contributed by atoms with van der Waals surface area (Å²) in [5.41, 5.74) is -0.211. The minimum atomic E-state index is -1.26. The number of pyridine rings is 2. The van der Waals surface area contributed by atoms with Crippen LogP contribution in [0.2, 0.25) is 0 Å². The summed E-state index contributed by atoms with van der Waals surface area (Å²) >= 11 is 0. The molecule has 2 N–H and O–H groups in total. The van der Waals surface area contributed by atoms with Crippen molar-refractivity contribution >= 4 is 28.9 Å². The summed E-state index contributed by atoms with van der Waals surface area (Å²) in [4.78, 5) is 29.8. The number of nitrogens with zero attached hydrogens (tertiary/aromatic N) is 3. The van der Waals surface area contributed by atoms with Gasteiger partial charge in [0.1, 0.15) is 11.4 Å². The highest BCUT2D eigenvalue weighted by Gasteiger charge is 2.17. The van der Waals surface area contributed by atoms with Gasteiger partial charge in [-0.25, -0.2) is 9.78 Å². The van der Waals surface area contributed by atoms with E-state index >= 15 is 0 Å². The zero-order chi connectivity index (χ0) is 15.7. The van der Waals surface area contributed by atoms with Gasteiger partial charge in [0.2, 0.25) is 5.43 Å². The van der Waals surface area contributed by atoms with E-state index in [-0.39, 0.29) is 10.9 Å². The molecule has 0 bridgehead atoms. The normalized spacial score (nSPS) is 15.0. The maximum atomic E-state index is 12.2. The minimum absolute atomic E-state index is 0.277. The molecular weight excluding hydrogens is 284 g/mol. The molecule has 0 saturated carbocycles. The van der Waals surface area contributed by atoms with Crippen molar-refractivity contribution in [3.05, 3.63) is 40.8 Å². The van der Waals surface area contributed by atoms with Gasteiger partial charge in [-0.1, -0.05) is 6.58 Å². The SMILES string of the molecule is C=Cn1cc(C(=O)O)c(=O)c2cnc(N3CCNCC3)cc21. The zero-order valence-electron chi connectivity index (χ0n) is 12.0. The molecule has 0 spiro atoms. The van der Waals surface area contributed by atoms with Gasteiger partial charge in [0.05, 0.1) is 10.9 Å². The predicted molar refractivity (Wildman–Crippen MR) is 84.4 cm³/mol. The maximum absolute atomic E-state index is 12.2. The number of aromatic nitrogens is 2. The maximum Gasteiger partial charge on any atom is 0.341 e. The third-order valence-electron chi connectivity index (χ3n) is 3.77. The average molecular weight is 300 g/mol. The zero-order valence-corrected chi connectivity index (χ0v) is 12.0. The van der Waals surface area contributed by atoms with Crippen molar-refractivity contribution in [3.8, 4) is 0 Å². The molecular formula is C15H16N4O3. The van der Waals surface area contributed by atoms with Crippen LogP contribution in [0.15, 0.2) is 29.8 Å². The van der Waals surface area contributed by atoms with Crippen molar-refractivity contribution < 1.29 is 9.90 Å². The fourth-order valence-corrected chi connectivity index (χ4v) is 2.61. The van der Waals surface area contributed by atoms with E-state index in [0.29, 0.717) is 5.52 Å². The van der Waals surface area contributed by atoms with E-state index < -0.39 is 11.4 Å². The number of fused-ring (bicyclic) bond motifs is 1. The van der Waals surface area contributed by atoms with E-state index in [1.54, 1.807) is 10.6 Å². The second kappa shape index (κ2) is 5.61. The van der Waals surface area contributed by atoms with Crippen molar-refractivity contribution in [1.29, 1.82) is 0 Å². The van der Waals surface area contributed by atoms with Gasteiger partial charge in [-0.2, -0.15) is 0 Å². The number of anilines is 1. The van der Waals surface area contributed by atoms with Gasteiger partial charge in [0.15, 0.2) is 0 Å². The van der Waals surface area contributed by atoms with Crippen LogP contribution in [0, 0.1) is 0 Å². The molecule has 0 aromatic carbocycles. The van der Waals surface area contributed by atoms with E-state index in [9.17, 15) is 9.59 Å². The monoisotopic (exact) mass is 300 g/mol. The molecule has 2 aromatic rings. The molecule has 0 amide bonds. The van der Waals surface area contributed by atoms with Crippen LogP contribution in [-0.4, -0.2) is 46.8 Å². The molecule has 7 nitrogen and oxygen atoms in total. The van der Waals surface area contributed by atoms with Gasteiger partial charge in [-0.15, -0.1) is 0 Å². The molecule has 1 fully saturated rings. The Labute approximate surface area is 126 Å². The number of piperazine rings is 1. The summed E-state index contributed by atoms with van der Waals surface area (Å²) < 4.78 is 1.55. The molecule has 1 aliphatic heterocycles. The predicted octanol–water partition coefficient (Wildman–Crippen LogP) is 0.605. The Bertz CT molecular complexity index is 806. The number of carboxylic acids is 1. The molecule has 3 rings (SSSR count). The van der Waals surface area contributed by atoms with Crippen LogP contribution in [0.3, 0.4) is 0 Å². The Morgan fingerprint density at radius 1 is 1.41 bits per heavy atom. The summed E-state index contributed by atoms with van der Waals surface area (Å²) in [6.07, 6.45) is 4.22. The first kappa shape index (κ1) is 14.3. The Morgan fingerprint density at radius 3 is 2.77 bits per heavy atom. The van der Waals surface area contributed by atoms with Crippen molar-refractivity contribution in [2.24, 2.45) is 0 Å². The third-order valence-corrected chi connectivity index (χ3v) is 3.77. The quantitative estimate of drug-likeness (QED) is 0.863. The van der Waals surface area contributed by atoms with Crippen molar-refractivity contribution in [2.45, 2.75) is 0 Å². The van der Waals surface area contributed by atoms with E-state index in [1.807, 2.05) is 0 Å². The third kappa shape index (κ3) is 2.35. The van der Waals surface area contributed by atoms with E-state index in [0.717, 1.165) is 32.0 Å². The van der Waals surface area contributed by atoms with Gasteiger partial charge >= 0.3 is 5.97 Å². The Balaban J connectivity index is 2.19. The Morgan fingerprint density at radius 2 is 2.14 bits per heavy atom. The van der Waals surface area contributed by atoms with Crippen LogP contribution in [-0.2, 0) is 0 Å². The summed E-state index contributed by atoms with van der Waals surface area (Å²) in [5.74, 6) is -0.485. The van der Waals surface area contributed by atoms with Crippen LogP contribution in [0.25, 0.3) is 17.1 Å².